The van der Waals surface area contributed by atoms with E-state index in [0.717, 1.165) is 6.33 Å². The highest BCUT2D eigenvalue weighted by Crippen LogP contribution is 2.09. The first-order chi connectivity index (χ1) is 9.61. The van der Waals surface area contributed by atoms with E-state index in [9.17, 15) is 9.59 Å². The van der Waals surface area contributed by atoms with Gasteiger partial charge in [0.2, 0.25) is 0 Å². The van der Waals surface area contributed by atoms with Gasteiger partial charge in [0.05, 0.1) is 31.4 Å². The standard InChI is InChI=1S/C11H13N5O4/c1-20-3-2-16-5-7(4-14-16)15-10(17)8-9(11(18)19)13-6-12-8/h4-6H,2-3H2,1H3,(H,12,13)(H,15,17)(H,18,19). The van der Waals surface area contributed by atoms with Gasteiger partial charge in [0.15, 0.2) is 11.4 Å². The number of anilines is 1. The second-order valence-corrected chi connectivity index (χ2v) is 3.87. The lowest BCUT2D eigenvalue weighted by Crippen LogP contribution is -2.16. The van der Waals surface area contributed by atoms with Gasteiger partial charge in [-0.15, -0.1) is 0 Å². The predicted molar refractivity (Wildman–Crippen MR) is 67.6 cm³/mol. The maximum atomic E-state index is 11.9. The molecule has 1 amide bonds. The van der Waals surface area contributed by atoms with Crippen molar-refractivity contribution in [1.82, 2.24) is 19.7 Å². The molecule has 0 aliphatic carbocycles. The number of nitrogens with zero attached hydrogens (tertiary/aromatic N) is 3. The lowest BCUT2D eigenvalue weighted by Gasteiger charge is -2.01. The van der Waals surface area contributed by atoms with Crippen LogP contribution in [0.1, 0.15) is 21.0 Å². The number of H-pyrrole nitrogens is 1. The number of aromatic nitrogens is 4. The Labute approximate surface area is 113 Å². The SMILES string of the molecule is COCCn1cc(NC(=O)c2nc[nH]c2C(=O)O)cn1. The summed E-state index contributed by atoms with van der Waals surface area (Å²) in [4.78, 5) is 28.9. The van der Waals surface area contributed by atoms with Crippen LogP contribution in [0.2, 0.25) is 0 Å². The maximum absolute atomic E-state index is 11.9. The molecule has 0 aliphatic heterocycles. The number of aromatic amines is 1. The average Bonchev–Trinajstić information content (AvgIpc) is 3.04. The highest BCUT2D eigenvalue weighted by Gasteiger charge is 2.20. The van der Waals surface area contributed by atoms with Crippen molar-refractivity contribution >= 4 is 17.6 Å². The van der Waals surface area contributed by atoms with E-state index in [2.05, 4.69) is 20.4 Å². The summed E-state index contributed by atoms with van der Waals surface area (Å²) in [6.07, 6.45) is 4.23. The van der Waals surface area contributed by atoms with Crippen LogP contribution in [-0.2, 0) is 11.3 Å². The molecule has 9 heteroatoms. The number of hydrogen-bond donors (Lipinski definition) is 3. The van der Waals surface area contributed by atoms with Gasteiger partial charge in [-0.3, -0.25) is 9.48 Å². The molecule has 2 aromatic heterocycles. The van der Waals surface area contributed by atoms with Gasteiger partial charge in [0, 0.05) is 13.3 Å². The third-order valence-corrected chi connectivity index (χ3v) is 2.48. The number of imidazole rings is 1. The number of methoxy groups -OCH3 is 1. The van der Waals surface area contributed by atoms with Crippen molar-refractivity contribution in [2.45, 2.75) is 6.54 Å². The van der Waals surface area contributed by atoms with Crippen LogP contribution in [0.5, 0.6) is 0 Å². The Bertz CT molecular complexity index is 618. The number of hydrogen-bond acceptors (Lipinski definition) is 5. The highest BCUT2D eigenvalue weighted by atomic mass is 16.5. The predicted octanol–water partition coefficient (Wildman–Crippen LogP) is 0.203. The Balaban J connectivity index is 2.06. The minimum absolute atomic E-state index is 0.179. The maximum Gasteiger partial charge on any atom is 0.354 e. The molecule has 2 heterocycles. The van der Waals surface area contributed by atoms with Gasteiger partial charge in [-0.1, -0.05) is 0 Å². The summed E-state index contributed by atoms with van der Waals surface area (Å²) in [6.45, 7) is 1.05. The number of carboxylic acid groups (broad SMARTS) is 1. The second kappa shape index (κ2) is 5.97. The van der Waals surface area contributed by atoms with Gasteiger partial charge in [-0.2, -0.15) is 5.10 Å². The van der Waals surface area contributed by atoms with Crippen molar-refractivity contribution in [3.63, 3.8) is 0 Å². The quantitative estimate of drug-likeness (QED) is 0.694. The van der Waals surface area contributed by atoms with E-state index in [0.29, 0.717) is 18.8 Å². The van der Waals surface area contributed by atoms with Crippen molar-refractivity contribution in [2.24, 2.45) is 0 Å². The van der Waals surface area contributed by atoms with Crippen LogP contribution in [0, 0.1) is 0 Å². The molecular formula is C11H13N5O4. The van der Waals surface area contributed by atoms with Crippen LogP contribution >= 0.6 is 0 Å². The van der Waals surface area contributed by atoms with E-state index in [1.165, 1.54) is 6.20 Å². The number of carbonyl (C=O) groups excluding carboxylic acids is 1. The summed E-state index contributed by atoms with van der Waals surface area (Å²) in [5.41, 5.74) is 0.0156. The molecule has 0 unspecified atom stereocenters. The van der Waals surface area contributed by atoms with Gasteiger partial charge in [-0.05, 0) is 0 Å². The first-order valence-corrected chi connectivity index (χ1v) is 5.71. The van der Waals surface area contributed by atoms with Crippen molar-refractivity contribution in [3.05, 3.63) is 30.1 Å². The zero-order chi connectivity index (χ0) is 14.5. The van der Waals surface area contributed by atoms with Crippen molar-refractivity contribution < 1.29 is 19.4 Å². The van der Waals surface area contributed by atoms with E-state index < -0.39 is 11.9 Å². The van der Waals surface area contributed by atoms with Crippen molar-refractivity contribution in [3.8, 4) is 0 Å². The number of ether oxygens (including phenoxy) is 1. The Morgan fingerprint density at radius 1 is 1.55 bits per heavy atom. The molecule has 0 saturated heterocycles. The van der Waals surface area contributed by atoms with E-state index in [-0.39, 0.29) is 11.4 Å². The first kappa shape index (κ1) is 13.7. The summed E-state index contributed by atoms with van der Waals surface area (Å²) < 4.78 is 6.51. The summed E-state index contributed by atoms with van der Waals surface area (Å²) in [7, 11) is 1.58. The summed E-state index contributed by atoms with van der Waals surface area (Å²) in [5.74, 6) is -1.86. The first-order valence-electron chi connectivity index (χ1n) is 5.71. The molecule has 0 radical (unpaired) electrons. The third-order valence-electron chi connectivity index (χ3n) is 2.48. The molecule has 0 aromatic carbocycles. The van der Waals surface area contributed by atoms with Gasteiger partial charge in [-0.25, -0.2) is 9.78 Å². The largest absolute Gasteiger partial charge is 0.477 e. The van der Waals surface area contributed by atoms with Crippen LogP contribution in [0.25, 0.3) is 0 Å². The van der Waals surface area contributed by atoms with Gasteiger partial charge < -0.3 is 20.1 Å². The van der Waals surface area contributed by atoms with Gasteiger partial charge in [0.1, 0.15) is 0 Å². The zero-order valence-corrected chi connectivity index (χ0v) is 10.7. The van der Waals surface area contributed by atoms with E-state index in [1.54, 1.807) is 18.0 Å². The highest BCUT2D eigenvalue weighted by molar-refractivity contribution is 6.08. The van der Waals surface area contributed by atoms with Crippen LogP contribution in [0.3, 0.4) is 0 Å². The van der Waals surface area contributed by atoms with E-state index in [4.69, 9.17) is 9.84 Å². The van der Waals surface area contributed by atoms with Crippen molar-refractivity contribution in [2.75, 3.05) is 19.0 Å². The Morgan fingerprint density at radius 2 is 2.35 bits per heavy atom. The van der Waals surface area contributed by atoms with Gasteiger partial charge in [0.25, 0.3) is 5.91 Å². The normalized spacial score (nSPS) is 10.4. The molecule has 3 N–H and O–H groups in total. The number of carbonyl (C=O) groups is 2. The molecule has 20 heavy (non-hydrogen) atoms. The molecular weight excluding hydrogens is 266 g/mol. The molecule has 2 aromatic rings. The summed E-state index contributed by atoms with van der Waals surface area (Å²) in [6, 6.07) is 0. The minimum atomic E-state index is -1.25. The number of aromatic carboxylic acids is 1. The molecule has 0 fully saturated rings. The fraction of sp³-hybridized carbons (Fsp3) is 0.273. The number of nitrogens with one attached hydrogen (secondary N) is 2. The lowest BCUT2D eigenvalue weighted by atomic mass is 10.3. The molecule has 9 nitrogen and oxygen atoms in total. The Hall–Kier alpha value is -2.68. The van der Waals surface area contributed by atoms with Gasteiger partial charge >= 0.3 is 5.97 Å². The summed E-state index contributed by atoms with van der Waals surface area (Å²) >= 11 is 0. The molecule has 2 rings (SSSR count). The minimum Gasteiger partial charge on any atom is -0.477 e. The zero-order valence-electron chi connectivity index (χ0n) is 10.7. The fourth-order valence-corrected chi connectivity index (χ4v) is 1.55. The second-order valence-electron chi connectivity index (χ2n) is 3.87. The molecule has 0 aliphatic rings. The van der Waals surface area contributed by atoms with Crippen LogP contribution < -0.4 is 5.32 Å². The monoisotopic (exact) mass is 279 g/mol. The molecule has 0 atom stereocenters. The molecule has 106 valence electrons. The lowest BCUT2D eigenvalue weighted by molar-refractivity contribution is 0.0686. The van der Waals surface area contributed by atoms with Crippen LogP contribution in [0.15, 0.2) is 18.7 Å². The number of rotatable bonds is 6. The van der Waals surface area contributed by atoms with E-state index in [1.807, 2.05) is 0 Å². The molecule has 0 saturated carbocycles. The topological polar surface area (TPSA) is 122 Å². The Morgan fingerprint density at radius 3 is 3.05 bits per heavy atom. The van der Waals surface area contributed by atoms with Crippen LogP contribution in [-0.4, -0.2) is 50.4 Å². The number of carboxylic acids is 1. The van der Waals surface area contributed by atoms with Crippen molar-refractivity contribution in [1.29, 1.82) is 0 Å². The smallest absolute Gasteiger partial charge is 0.354 e. The molecule has 0 bridgehead atoms. The molecule has 0 spiro atoms. The van der Waals surface area contributed by atoms with Crippen LogP contribution in [0.4, 0.5) is 5.69 Å². The average molecular weight is 279 g/mol. The summed E-state index contributed by atoms with van der Waals surface area (Å²) in [5, 5.41) is 15.4. The third kappa shape index (κ3) is 3.01. The number of amides is 1. The fourth-order valence-electron chi connectivity index (χ4n) is 1.55. The van der Waals surface area contributed by atoms with E-state index >= 15 is 0 Å². The Kier molecular flexibility index (Phi) is 4.11.